The van der Waals surface area contributed by atoms with Gasteiger partial charge < -0.3 is 14.6 Å². The number of aryl methyl sites for hydroxylation is 1. The van der Waals surface area contributed by atoms with E-state index in [1.54, 1.807) is 18.3 Å². The van der Waals surface area contributed by atoms with Crippen LogP contribution in [-0.2, 0) is 17.9 Å². The van der Waals surface area contributed by atoms with Gasteiger partial charge in [0.05, 0.1) is 5.75 Å². The summed E-state index contributed by atoms with van der Waals surface area (Å²) < 4.78 is 8.60. The third-order valence-corrected chi connectivity index (χ3v) is 5.79. The molecule has 0 atom stereocenters. The Labute approximate surface area is 186 Å². The number of thioether (sulfide) groups is 1. The summed E-state index contributed by atoms with van der Waals surface area (Å²) in [4.78, 5) is 16.3. The van der Waals surface area contributed by atoms with Crippen LogP contribution in [0.5, 0.6) is 5.75 Å². The molecule has 29 heavy (non-hydrogen) atoms. The Kier molecular flexibility index (Phi) is 7.51. The molecule has 0 fully saturated rings. The number of halogens is 2. The average molecular weight is 497 g/mol. The van der Waals surface area contributed by atoms with Crippen molar-refractivity contribution in [3.05, 3.63) is 57.4 Å². The molecule has 7 nitrogen and oxygen atoms in total. The molecule has 2 aromatic heterocycles. The van der Waals surface area contributed by atoms with Gasteiger partial charge in [-0.1, -0.05) is 23.4 Å². The van der Waals surface area contributed by atoms with E-state index in [-0.39, 0.29) is 18.3 Å². The zero-order valence-electron chi connectivity index (χ0n) is 15.9. The van der Waals surface area contributed by atoms with Crippen molar-refractivity contribution >= 4 is 51.0 Å². The molecule has 0 saturated heterocycles. The third kappa shape index (κ3) is 5.94. The normalized spacial score (nSPS) is 10.8. The first-order valence-corrected chi connectivity index (χ1v) is 11.0. The summed E-state index contributed by atoms with van der Waals surface area (Å²) in [6.45, 7) is 4.86. The van der Waals surface area contributed by atoms with E-state index in [1.165, 1.54) is 11.8 Å². The predicted octanol–water partition coefficient (Wildman–Crippen LogP) is 4.73. The van der Waals surface area contributed by atoms with Crippen molar-refractivity contribution < 1.29 is 9.53 Å². The Balaban J connectivity index is 1.57. The maximum atomic E-state index is 12.2. The van der Waals surface area contributed by atoms with Crippen LogP contribution < -0.4 is 10.1 Å². The fourth-order valence-electron chi connectivity index (χ4n) is 2.46. The number of carbonyl (C=O) groups is 1. The van der Waals surface area contributed by atoms with Crippen LogP contribution in [0.1, 0.15) is 18.3 Å². The van der Waals surface area contributed by atoms with Crippen molar-refractivity contribution in [3.63, 3.8) is 0 Å². The second-order valence-electron chi connectivity index (χ2n) is 6.04. The molecule has 152 valence electrons. The molecule has 1 aromatic carbocycles. The van der Waals surface area contributed by atoms with Crippen LogP contribution in [0.4, 0.5) is 5.82 Å². The third-order valence-electron chi connectivity index (χ3n) is 3.93. The molecule has 3 aromatic rings. The molecular weight excluding hydrogens is 478 g/mol. The maximum Gasteiger partial charge on any atom is 0.236 e. The SMILES string of the molecule is CCn1c(COc2ccc(Cl)c(C)c2)nnc1SCC(=O)Nc1ccc(Br)cn1. The van der Waals surface area contributed by atoms with Gasteiger partial charge in [0.1, 0.15) is 18.2 Å². The average Bonchev–Trinajstić information content (AvgIpc) is 3.11. The molecule has 0 unspecified atom stereocenters. The monoisotopic (exact) mass is 495 g/mol. The molecular formula is C19H19BrClN5O2S. The summed E-state index contributed by atoms with van der Waals surface area (Å²) in [7, 11) is 0. The number of ether oxygens (including phenoxy) is 1. The largest absolute Gasteiger partial charge is 0.486 e. The van der Waals surface area contributed by atoms with E-state index in [0.29, 0.717) is 34.1 Å². The highest BCUT2D eigenvalue weighted by Gasteiger charge is 2.14. The molecule has 0 aliphatic carbocycles. The van der Waals surface area contributed by atoms with Gasteiger partial charge in [0.25, 0.3) is 0 Å². The van der Waals surface area contributed by atoms with Gasteiger partial charge in [-0.2, -0.15) is 0 Å². The predicted molar refractivity (Wildman–Crippen MR) is 118 cm³/mol. The molecule has 1 amide bonds. The fraction of sp³-hybridized carbons (Fsp3) is 0.263. The summed E-state index contributed by atoms with van der Waals surface area (Å²) in [5, 5.41) is 12.5. The molecule has 0 saturated carbocycles. The summed E-state index contributed by atoms with van der Waals surface area (Å²) in [5.74, 6) is 1.95. The highest BCUT2D eigenvalue weighted by Crippen LogP contribution is 2.23. The lowest BCUT2D eigenvalue weighted by atomic mass is 10.2. The highest BCUT2D eigenvalue weighted by atomic mass is 79.9. The van der Waals surface area contributed by atoms with E-state index in [2.05, 4.69) is 36.4 Å². The lowest BCUT2D eigenvalue weighted by Crippen LogP contribution is -2.15. The maximum absolute atomic E-state index is 12.2. The number of carbonyl (C=O) groups excluding carboxylic acids is 1. The number of hydrogen-bond acceptors (Lipinski definition) is 6. The fourth-order valence-corrected chi connectivity index (χ4v) is 3.64. The summed E-state index contributed by atoms with van der Waals surface area (Å²) in [6, 6.07) is 9.05. The second-order valence-corrected chi connectivity index (χ2v) is 8.31. The Morgan fingerprint density at radius 2 is 2.14 bits per heavy atom. The number of benzene rings is 1. The van der Waals surface area contributed by atoms with E-state index >= 15 is 0 Å². The van der Waals surface area contributed by atoms with Crippen LogP contribution in [0, 0.1) is 6.92 Å². The molecule has 0 bridgehead atoms. The number of aromatic nitrogens is 4. The van der Waals surface area contributed by atoms with Crippen LogP contribution in [0.25, 0.3) is 0 Å². The van der Waals surface area contributed by atoms with Crippen LogP contribution >= 0.6 is 39.3 Å². The van der Waals surface area contributed by atoms with Gasteiger partial charge >= 0.3 is 0 Å². The molecule has 0 aliphatic rings. The van der Waals surface area contributed by atoms with Crippen LogP contribution in [0.2, 0.25) is 5.02 Å². The van der Waals surface area contributed by atoms with E-state index in [4.69, 9.17) is 16.3 Å². The number of amides is 1. The van der Waals surface area contributed by atoms with Gasteiger partial charge in [-0.05, 0) is 65.7 Å². The van der Waals surface area contributed by atoms with Gasteiger partial charge in [-0.15, -0.1) is 10.2 Å². The van der Waals surface area contributed by atoms with Gasteiger partial charge in [0.15, 0.2) is 11.0 Å². The van der Waals surface area contributed by atoms with E-state index in [0.717, 1.165) is 10.0 Å². The molecule has 10 heteroatoms. The first-order valence-electron chi connectivity index (χ1n) is 8.81. The second kappa shape index (κ2) is 10.1. The van der Waals surface area contributed by atoms with Crippen molar-refractivity contribution in [2.45, 2.75) is 32.2 Å². The van der Waals surface area contributed by atoms with Crippen LogP contribution in [-0.4, -0.2) is 31.4 Å². The molecule has 0 radical (unpaired) electrons. The zero-order chi connectivity index (χ0) is 20.8. The number of nitrogens with one attached hydrogen (secondary N) is 1. The number of pyridine rings is 1. The molecule has 1 N–H and O–H groups in total. The van der Waals surface area contributed by atoms with Gasteiger partial charge in [-0.25, -0.2) is 4.98 Å². The number of anilines is 1. The Morgan fingerprint density at radius 3 is 2.83 bits per heavy atom. The minimum Gasteiger partial charge on any atom is -0.486 e. The molecule has 0 aliphatic heterocycles. The van der Waals surface area contributed by atoms with Crippen molar-refractivity contribution in [2.75, 3.05) is 11.1 Å². The Bertz CT molecular complexity index is 997. The van der Waals surface area contributed by atoms with Gasteiger partial charge in [0, 0.05) is 22.2 Å². The van der Waals surface area contributed by atoms with Crippen molar-refractivity contribution in [2.24, 2.45) is 0 Å². The summed E-state index contributed by atoms with van der Waals surface area (Å²) in [6.07, 6.45) is 1.63. The Morgan fingerprint density at radius 1 is 1.31 bits per heavy atom. The molecule has 0 spiro atoms. The van der Waals surface area contributed by atoms with Crippen LogP contribution in [0.15, 0.2) is 46.2 Å². The van der Waals surface area contributed by atoms with E-state index in [9.17, 15) is 4.79 Å². The summed E-state index contributed by atoms with van der Waals surface area (Å²) in [5.41, 5.74) is 0.948. The van der Waals surface area contributed by atoms with E-state index in [1.807, 2.05) is 36.6 Å². The topological polar surface area (TPSA) is 81.9 Å². The van der Waals surface area contributed by atoms with Gasteiger partial charge in [0.2, 0.25) is 5.91 Å². The lowest BCUT2D eigenvalue weighted by molar-refractivity contribution is -0.113. The molecule has 2 heterocycles. The van der Waals surface area contributed by atoms with E-state index < -0.39 is 0 Å². The zero-order valence-corrected chi connectivity index (χ0v) is 19.0. The number of rotatable bonds is 8. The standard InChI is InChI=1S/C19H19BrClN5O2S/c1-3-26-17(10-28-14-5-6-15(21)12(2)8-14)24-25-19(26)29-11-18(27)23-16-7-4-13(20)9-22-16/h4-9H,3,10-11H2,1-2H3,(H,22,23,27). The minimum atomic E-state index is -0.162. The smallest absolute Gasteiger partial charge is 0.236 e. The first kappa shape index (κ1) is 21.6. The van der Waals surface area contributed by atoms with Crippen molar-refractivity contribution in [1.82, 2.24) is 19.7 Å². The number of nitrogens with zero attached hydrogens (tertiary/aromatic N) is 4. The van der Waals surface area contributed by atoms with Crippen molar-refractivity contribution in [1.29, 1.82) is 0 Å². The first-order chi connectivity index (χ1) is 14.0. The molecule has 3 rings (SSSR count). The van der Waals surface area contributed by atoms with Crippen LogP contribution in [0.3, 0.4) is 0 Å². The Hall–Kier alpha value is -2.10. The van der Waals surface area contributed by atoms with Crippen molar-refractivity contribution in [3.8, 4) is 5.75 Å². The minimum absolute atomic E-state index is 0.162. The highest BCUT2D eigenvalue weighted by molar-refractivity contribution is 9.10. The summed E-state index contributed by atoms with van der Waals surface area (Å²) >= 11 is 10.7. The number of hydrogen-bond donors (Lipinski definition) is 1. The van der Waals surface area contributed by atoms with Gasteiger partial charge in [-0.3, -0.25) is 4.79 Å². The quantitative estimate of drug-likeness (QED) is 0.454. The lowest BCUT2D eigenvalue weighted by Gasteiger charge is -2.10.